The Labute approximate surface area is 232 Å². The SMILES string of the molecule is COc1ccc(NC(=O)N(CCCN2CCCCC2C)Cc2ccc(OCc3ccccc3)cc2)c(OC)c1. The van der Waals surface area contributed by atoms with E-state index in [-0.39, 0.29) is 6.03 Å². The average Bonchev–Trinajstić information content (AvgIpc) is 2.98. The first kappa shape index (κ1) is 28.3. The number of likely N-dealkylation sites (tertiary alicyclic amines) is 1. The number of piperidine rings is 1. The summed E-state index contributed by atoms with van der Waals surface area (Å²) in [7, 11) is 3.19. The molecule has 0 aliphatic carbocycles. The summed E-state index contributed by atoms with van der Waals surface area (Å²) >= 11 is 0. The van der Waals surface area contributed by atoms with Crippen molar-refractivity contribution in [1.82, 2.24) is 9.80 Å². The largest absolute Gasteiger partial charge is 0.497 e. The maximum absolute atomic E-state index is 13.5. The summed E-state index contributed by atoms with van der Waals surface area (Å²) < 4.78 is 16.7. The van der Waals surface area contributed by atoms with E-state index in [1.807, 2.05) is 71.6 Å². The number of rotatable bonds is 12. The van der Waals surface area contributed by atoms with Crippen molar-refractivity contribution in [1.29, 1.82) is 0 Å². The molecule has 0 bridgehead atoms. The van der Waals surface area contributed by atoms with Crippen LogP contribution in [0.5, 0.6) is 17.2 Å². The van der Waals surface area contributed by atoms with Crippen LogP contribution in [0, 0.1) is 0 Å². The molecule has 0 spiro atoms. The minimum absolute atomic E-state index is 0.158. The Hall–Kier alpha value is -3.71. The van der Waals surface area contributed by atoms with Gasteiger partial charge in [-0.2, -0.15) is 0 Å². The summed E-state index contributed by atoms with van der Waals surface area (Å²) in [6.07, 6.45) is 4.72. The van der Waals surface area contributed by atoms with Gasteiger partial charge in [0.25, 0.3) is 0 Å². The second-order valence-corrected chi connectivity index (χ2v) is 10.1. The lowest BCUT2D eigenvalue weighted by molar-refractivity contribution is 0.150. The van der Waals surface area contributed by atoms with Crippen molar-refractivity contribution in [3.63, 3.8) is 0 Å². The molecule has 3 aromatic carbocycles. The van der Waals surface area contributed by atoms with Crippen molar-refractivity contribution in [3.05, 3.63) is 83.9 Å². The highest BCUT2D eigenvalue weighted by atomic mass is 16.5. The number of ether oxygens (including phenoxy) is 3. The van der Waals surface area contributed by atoms with E-state index in [0.717, 1.165) is 36.4 Å². The standard InChI is InChI=1S/C32H41N3O4/c1-25-10-7-8-19-34(25)20-9-21-35(32(36)33-30-18-17-29(37-2)22-31(30)38-3)23-26-13-15-28(16-14-26)39-24-27-11-5-4-6-12-27/h4-6,11-18,22,25H,7-10,19-21,23-24H2,1-3H3,(H,33,36). The van der Waals surface area contributed by atoms with Crippen LogP contribution in [0.3, 0.4) is 0 Å². The van der Waals surface area contributed by atoms with E-state index in [4.69, 9.17) is 14.2 Å². The number of nitrogens with one attached hydrogen (secondary N) is 1. The van der Waals surface area contributed by atoms with Crippen molar-refractivity contribution in [2.75, 3.05) is 39.2 Å². The Bertz CT molecular complexity index is 1170. The third-order valence-electron chi connectivity index (χ3n) is 7.30. The van der Waals surface area contributed by atoms with Gasteiger partial charge in [-0.05, 0) is 68.1 Å². The van der Waals surface area contributed by atoms with Gasteiger partial charge in [0, 0.05) is 31.7 Å². The zero-order valence-corrected chi connectivity index (χ0v) is 23.4. The minimum atomic E-state index is -0.158. The molecular weight excluding hydrogens is 490 g/mol. The van der Waals surface area contributed by atoms with E-state index < -0.39 is 0 Å². The summed E-state index contributed by atoms with van der Waals surface area (Å²) in [5.41, 5.74) is 2.79. The molecule has 208 valence electrons. The number of carbonyl (C=O) groups is 1. The van der Waals surface area contributed by atoms with Gasteiger partial charge in [0.1, 0.15) is 23.9 Å². The summed E-state index contributed by atoms with van der Waals surface area (Å²) in [6.45, 7) is 6.11. The van der Waals surface area contributed by atoms with Crippen molar-refractivity contribution in [3.8, 4) is 17.2 Å². The molecule has 39 heavy (non-hydrogen) atoms. The van der Waals surface area contributed by atoms with Crippen molar-refractivity contribution < 1.29 is 19.0 Å². The molecule has 1 aliphatic rings. The van der Waals surface area contributed by atoms with Gasteiger partial charge in [-0.1, -0.05) is 48.9 Å². The van der Waals surface area contributed by atoms with Crippen LogP contribution in [-0.2, 0) is 13.2 Å². The van der Waals surface area contributed by atoms with Crippen LogP contribution >= 0.6 is 0 Å². The van der Waals surface area contributed by atoms with Crippen LogP contribution in [0.4, 0.5) is 10.5 Å². The Kier molecular flexibility index (Phi) is 10.5. The van der Waals surface area contributed by atoms with Gasteiger partial charge in [0.05, 0.1) is 19.9 Å². The molecule has 7 nitrogen and oxygen atoms in total. The fourth-order valence-electron chi connectivity index (χ4n) is 4.96. The quantitative estimate of drug-likeness (QED) is 0.286. The van der Waals surface area contributed by atoms with Gasteiger partial charge < -0.3 is 29.3 Å². The average molecular weight is 532 g/mol. The lowest BCUT2D eigenvalue weighted by Gasteiger charge is -2.34. The summed E-state index contributed by atoms with van der Waals surface area (Å²) in [6, 6.07) is 23.9. The number of amides is 2. The van der Waals surface area contributed by atoms with Crippen LogP contribution in [0.15, 0.2) is 72.8 Å². The first-order valence-corrected chi connectivity index (χ1v) is 13.8. The second kappa shape index (κ2) is 14.4. The number of methoxy groups -OCH3 is 2. The van der Waals surface area contributed by atoms with Gasteiger partial charge in [-0.15, -0.1) is 0 Å². The predicted molar refractivity (Wildman–Crippen MR) is 156 cm³/mol. The first-order chi connectivity index (χ1) is 19.1. The molecule has 1 heterocycles. The van der Waals surface area contributed by atoms with Crippen LogP contribution in [0.2, 0.25) is 0 Å². The molecule has 0 saturated carbocycles. The maximum atomic E-state index is 13.5. The third kappa shape index (κ3) is 8.39. The molecule has 3 aromatic rings. The molecule has 1 saturated heterocycles. The molecule has 7 heteroatoms. The van der Waals surface area contributed by atoms with E-state index in [1.54, 1.807) is 20.3 Å². The normalized spacial score (nSPS) is 15.4. The van der Waals surface area contributed by atoms with Gasteiger partial charge in [0.2, 0.25) is 0 Å². The molecule has 1 unspecified atom stereocenters. The van der Waals surface area contributed by atoms with Gasteiger partial charge >= 0.3 is 6.03 Å². The molecule has 1 aliphatic heterocycles. The topological polar surface area (TPSA) is 63.3 Å². The number of anilines is 1. The van der Waals surface area contributed by atoms with E-state index in [2.05, 4.69) is 17.1 Å². The monoisotopic (exact) mass is 531 g/mol. The highest BCUT2D eigenvalue weighted by Gasteiger charge is 2.20. The smallest absolute Gasteiger partial charge is 0.322 e. The summed E-state index contributed by atoms with van der Waals surface area (Å²) in [4.78, 5) is 17.9. The Morgan fingerprint density at radius 1 is 0.949 bits per heavy atom. The van der Waals surface area contributed by atoms with E-state index in [1.165, 1.54) is 19.3 Å². The fourth-order valence-corrected chi connectivity index (χ4v) is 4.96. The molecule has 2 amide bonds. The number of carbonyl (C=O) groups excluding carboxylic acids is 1. The zero-order valence-electron chi connectivity index (χ0n) is 23.4. The minimum Gasteiger partial charge on any atom is -0.497 e. The van der Waals surface area contributed by atoms with Crippen LogP contribution in [0.25, 0.3) is 0 Å². The highest BCUT2D eigenvalue weighted by molar-refractivity contribution is 5.91. The van der Waals surface area contributed by atoms with Gasteiger partial charge in [-0.25, -0.2) is 4.79 Å². The Balaban J connectivity index is 1.41. The zero-order chi connectivity index (χ0) is 27.5. The highest BCUT2D eigenvalue weighted by Crippen LogP contribution is 2.29. The lowest BCUT2D eigenvalue weighted by atomic mass is 10.0. The lowest BCUT2D eigenvalue weighted by Crippen LogP contribution is -2.40. The third-order valence-corrected chi connectivity index (χ3v) is 7.30. The molecule has 1 atom stereocenters. The first-order valence-electron chi connectivity index (χ1n) is 13.8. The predicted octanol–water partition coefficient (Wildman–Crippen LogP) is 6.58. The molecular formula is C32H41N3O4. The van der Waals surface area contributed by atoms with Crippen molar-refractivity contribution in [2.24, 2.45) is 0 Å². The number of urea groups is 1. The number of nitrogens with zero attached hydrogens (tertiary/aromatic N) is 2. The maximum Gasteiger partial charge on any atom is 0.322 e. The van der Waals surface area contributed by atoms with Crippen LogP contribution < -0.4 is 19.5 Å². The van der Waals surface area contributed by atoms with Crippen molar-refractivity contribution >= 4 is 11.7 Å². The molecule has 0 aromatic heterocycles. The Morgan fingerprint density at radius 3 is 2.44 bits per heavy atom. The molecule has 1 fully saturated rings. The van der Waals surface area contributed by atoms with E-state index >= 15 is 0 Å². The second-order valence-electron chi connectivity index (χ2n) is 10.1. The molecule has 0 radical (unpaired) electrons. The van der Waals surface area contributed by atoms with Crippen molar-refractivity contribution in [2.45, 2.75) is 51.8 Å². The molecule has 1 N–H and O–H groups in total. The van der Waals surface area contributed by atoms with Crippen LogP contribution in [-0.4, -0.2) is 55.7 Å². The van der Waals surface area contributed by atoms with E-state index in [0.29, 0.717) is 42.9 Å². The van der Waals surface area contributed by atoms with Crippen LogP contribution in [0.1, 0.15) is 43.7 Å². The number of hydrogen-bond acceptors (Lipinski definition) is 5. The summed E-state index contributed by atoms with van der Waals surface area (Å²) in [5.74, 6) is 2.04. The molecule has 4 rings (SSSR count). The van der Waals surface area contributed by atoms with Gasteiger partial charge in [-0.3, -0.25) is 0 Å². The number of hydrogen-bond donors (Lipinski definition) is 1. The fraction of sp³-hybridized carbons (Fsp3) is 0.406. The Morgan fingerprint density at radius 2 is 1.72 bits per heavy atom. The summed E-state index contributed by atoms with van der Waals surface area (Å²) in [5, 5.41) is 3.05. The number of benzene rings is 3. The van der Waals surface area contributed by atoms with Gasteiger partial charge in [0.15, 0.2) is 0 Å². The van der Waals surface area contributed by atoms with E-state index in [9.17, 15) is 4.79 Å².